The van der Waals surface area contributed by atoms with Crippen LogP contribution in [0.3, 0.4) is 0 Å². The minimum Gasteiger partial charge on any atom is -0.399 e. The predicted octanol–water partition coefficient (Wildman–Crippen LogP) is 0.986. The van der Waals surface area contributed by atoms with Crippen LogP contribution >= 0.6 is 0 Å². The topological polar surface area (TPSA) is 105 Å². The summed E-state index contributed by atoms with van der Waals surface area (Å²) in [6, 6.07) is 5.91. The highest BCUT2D eigenvalue weighted by Gasteiger charge is 2.33. The monoisotopic (exact) mass is 295 g/mol. The van der Waals surface area contributed by atoms with Crippen LogP contribution in [-0.2, 0) is 14.8 Å². The van der Waals surface area contributed by atoms with Crippen LogP contribution in [0.1, 0.15) is 25.3 Å². The molecule has 0 aromatic heterocycles. The van der Waals surface area contributed by atoms with Crippen LogP contribution in [0.25, 0.3) is 0 Å². The molecule has 0 bridgehead atoms. The van der Waals surface area contributed by atoms with Gasteiger partial charge in [-0.15, -0.1) is 0 Å². The number of nitriles is 1. The number of benzene rings is 1. The Labute approximate surface area is 118 Å². The highest BCUT2D eigenvalue weighted by atomic mass is 32.2. The summed E-state index contributed by atoms with van der Waals surface area (Å²) >= 11 is 0. The molecule has 0 unspecified atom stereocenters. The Morgan fingerprint density at radius 2 is 2.20 bits per heavy atom. The first-order valence-electron chi connectivity index (χ1n) is 6.40. The molecule has 1 saturated carbocycles. The van der Waals surface area contributed by atoms with Gasteiger partial charge in [0.05, 0.1) is 16.6 Å². The summed E-state index contributed by atoms with van der Waals surface area (Å²) in [4.78, 5) is -0.0333. The second-order valence-electron chi connectivity index (χ2n) is 4.73. The van der Waals surface area contributed by atoms with Gasteiger partial charge in [0.15, 0.2) is 0 Å². The first kappa shape index (κ1) is 14.8. The van der Waals surface area contributed by atoms with Crippen LogP contribution in [0, 0.1) is 11.3 Å². The van der Waals surface area contributed by atoms with Crippen LogP contribution in [0.2, 0.25) is 0 Å². The maximum absolute atomic E-state index is 12.2. The zero-order valence-electron chi connectivity index (χ0n) is 11.2. The first-order valence-corrected chi connectivity index (χ1v) is 7.88. The number of nitrogen functional groups attached to an aromatic ring is 1. The predicted molar refractivity (Wildman–Crippen MR) is 74.3 cm³/mol. The van der Waals surface area contributed by atoms with Gasteiger partial charge in [-0.2, -0.15) is 5.26 Å². The third-order valence-corrected chi connectivity index (χ3v) is 4.81. The Bertz CT molecular complexity index is 631. The summed E-state index contributed by atoms with van der Waals surface area (Å²) in [5.41, 5.74) is 5.97. The van der Waals surface area contributed by atoms with Gasteiger partial charge in [-0.1, -0.05) is 0 Å². The van der Waals surface area contributed by atoms with Crippen LogP contribution in [0.4, 0.5) is 5.69 Å². The number of hydrogen-bond donors (Lipinski definition) is 2. The number of ether oxygens (including phenoxy) is 1. The van der Waals surface area contributed by atoms with Crippen molar-refractivity contribution in [3.8, 4) is 6.07 Å². The Morgan fingerprint density at radius 1 is 1.50 bits per heavy atom. The number of anilines is 1. The van der Waals surface area contributed by atoms with Crippen molar-refractivity contribution in [3.63, 3.8) is 0 Å². The van der Waals surface area contributed by atoms with E-state index in [1.54, 1.807) is 0 Å². The minimum atomic E-state index is -3.70. The number of nitrogens with one attached hydrogen (secondary N) is 1. The van der Waals surface area contributed by atoms with Gasteiger partial charge in [-0.3, -0.25) is 0 Å². The fraction of sp³-hybridized carbons (Fsp3) is 0.462. The van der Waals surface area contributed by atoms with Crippen molar-refractivity contribution in [2.45, 2.75) is 36.8 Å². The number of nitrogens with zero attached hydrogens (tertiary/aromatic N) is 1. The second-order valence-corrected chi connectivity index (χ2v) is 6.42. The van der Waals surface area contributed by atoms with E-state index in [0.717, 1.165) is 0 Å². The molecule has 0 aliphatic heterocycles. The van der Waals surface area contributed by atoms with E-state index in [0.29, 0.717) is 25.1 Å². The number of hydrogen-bond acceptors (Lipinski definition) is 5. The number of nitrogens with two attached hydrogens (primary N) is 1. The van der Waals surface area contributed by atoms with Gasteiger partial charge >= 0.3 is 0 Å². The fourth-order valence-electron chi connectivity index (χ4n) is 2.19. The highest BCUT2D eigenvalue weighted by Crippen LogP contribution is 2.26. The smallest absolute Gasteiger partial charge is 0.242 e. The summed E-state index contributed by atoms with van der Waals surface area (Å²) in [6.45, 7) is 2.53. The van der Waals surface area contributed by atoms with Gasteiger partial charge in [0.1, 0.15) is 6.07 Å². The molecule has 1 aromatic rings. The molecule has 7 heteroatoms. The third kappa shape index (κ3) is 3.10. The molecule has 2 rings (SSSR count). The Balaban J connectivity index is 2.11. The summed E-state index contributed by atoms with van der Waals surface area (Å²) in [5, 5.41) is 9.01. The van der Waals surface area contributed by atoms with Gasteiger partial charge in [0.2, 0.25) is 10.0 Å². The molecular weight excluding hydrogens is 278 g/mol. The Hall–Kier alpha value is -1.62. The lowest BCUT2D eigenvalue weighted by atomic mass is 9.90. The van der Waals surface area contributed by atoms with Crippen LogP contribution in [-0.4, -0.2) is 27.2 Å². The van der Waals surface area contributed by atoms with Crippen LogP contribution < -0.4 is 10.5 Å². The largest absolute Gasteiger partial charge is 0.399 e. The zero-order chi connectivity index (χ0) is 14.8. The normalized spacial score (nSPS) is 22.0. The van der Waals surface area contributed by atoms with Crippen molar-refractivity contribution in [1.29, 1.82) is 5.26 Å². The van der Waals surface area contributed by atoms with Gasteiger partial charge in [-0.25, -0.2) is 13.1 Å². The maximum atomic E-state index is 12.2. The average molecular weight is 295 g/mol. The zero-order valence-corrected chi connectivity index (χ0v) is 12.0. The molecule has 0 saturated heterocycles. The lowest BCUT2D eigenvalue weighted by molar-refractivity contribution is -0.00475. The van der Waals surface area contributed by atoms with Crippen molar-refractivity contribution in [2.24, 2.45) is 0 Å². The fourth-order valence-corrected chi connectivity index (χ4v) is 3.59. The standard InChI is InChI=1S/C13H17N3O3S/c1-2-19-12-6-11(7-12)16-20(17,18)13-4-3-10(15)5-9(13)8-14/h3-5,11-12,16H,2,6-7,15H2,1H3. The molecule has 1 aromatic carbocycles. The third-order valence-electron chi connectivity index (χ3n) is 3.23. The summed E-state index contributed by atoms with van der Waals surface area (Å²) < 4.78 is 32.5. The van der Waals surface area contributed by atoms with E-state index in [9.17, 15) is 8.42 Å². The van der Waals surface area contributed by atoms with E-state index in [-0.39, 0.29) is 22.6 Å². The molecule has 0 amide bonds. The molecule has 6 nitrogen and oxygen atoms in total. The highest BCUT2D eigenvalue weighted by molar-refractivity contribution is 7.89. The van der Waals surface area contributed by atoms with Crippen LogP contribution in [0.15, 0.2) is 23.1 Å². The van der Waals surface area contributed by atoms with Crippen molar-refractivity contribution in [2.75, 3.05) is 12.3 Å². The second kappa shape index (κ2) is 5.79. The Kier molecular flexibility index (Phi) is 4.28. The molecular formula is C13H17N3O3S. The SMILES string of the molecule is CCOC1CC(NS(=O)(=O)c2ccc(N)cc2C#N)C1. The van der Waals surface area contributed by atoms with E-state index in [1.165, 1.54) is 18.2 Å². The number of sulfonamides is 1. The van der Waals surface area contributed by atoms with E-state index < -0.39 is 10.0 Å². The van der Waals surface area contributed by atoms with Crippen LogP contribution in [0.5, 0.6) is 0 Å². The molecule has 1 aliphatic carbocycles. The lowest BCUT2D eigenvalue weighted by Gasteiger charge is -2.35. The molecule has 0 radical (unpaired) electrons. The maximum Gasteiger partial charge on any atom is 0.242 e. The summed E-state index contributed by atoms with van der Waals surface area (Å²) in [7, 11) is -3.70. The molecule has 1 fully saturated rings. The molecule has 3 N–H and O–H groups in total. The molecule has 108 valence electrons. The first-order chi connectivity index (χ1) is 9.46. The van der Waals surface area contributed by atoms with E-state index in [1.807, 2.05) is 13.0 Å². The van der Waals surface area contributed by atoms with Gasteiger partial charge < -0.3 is 10.5 Å². The lowest BCUT2D eigenvalue weighted by Crippen LogP contribution is -2.47. The van der Waals surface area contributed by atoms with Crippen molar-refractivity contribution in [1.82, 2.24) is 4.72 Å². The van der Waals surface area contributed by atoms with Gasteiger partial charge in [0, 0.05) is 18.3 Å². The van der Waals surface area contributed by atoms with E-state index >= 15 is 0 Å². The number of rotatable bonds is 5. The summed E-state index contributed by atoms with van der Waals surface area (Å²) in [6.07, 6.45) is 1.43. The van der Waals surface area contributed by atoms with Gasteiger partial charge in [0.25, 0.3) is 0 Å². The molecule has 0 atom stereocenters. The molecule has 1 aliphatic rings. The van der Waals surface area contributed by atoms with Crippen molar-refractivity contribution < 1.29 is 13.2 Å². The average Bonchev–Trinajstić information content (AvgIpc) is 2.35. The summed E-state index contributed by atoms with van der Waals surface area (Å²) in [5.74, 6) is 0. The van der Waals surface area contributed by atoms with Crippen molar-refractivity contribution in [3.05, 3.63) is 23.8 Å². The molecule has 20 heavy (non-hydrogen) atoms. The molecule has 0 spiro atoms. The van der Waals surface area contributed by atoms with Crippen molar-refractivity contribution >= 4 is 15.7 Å². The minimum absolute atomic E-state index is 0.0333. The van der Waals surface area contributed by atoms with E-state index in [4.69, 9.17) is 15.7 Å². The van der Waals surface area contributed by atoms with Gasteiger partial charge in [-0.05, 0) is 38.0 Å². The Morgan fingerprint density at radius 3 is 2.80 bits per heavy atom. The molecule has 0 heterocycles. The quantitative estimate of drug-likeness (QED) is 0.788. The van der Waals surface area contributed by atoms with E-state index in [2.05, 4.69) is 4.72 Å².